The molecule has 0 aliphatic heterocycles. The van der Waals surface area contributed by atoms with Crippen molar-refractivity contribution in [3.63, 3.8) is 0 Å². The minimum absolute atomic E-state index is 0.318. The Kier molecular flexibility index (Phi) is 6.96. The molecule has 0 amide bonds. The average Bonchev–Trinajstić information content (AvgIpc) is 3.17. The summed E-state index contributed by atoms with van der Waals surface area (Å²) in [6, 6.07) is 19.0. The summed E-state index contributed by atoms with van der Waals surface area (Å²) in [6.07, 6.45) is 1.09. The Labute approximate surface area is 204 Å². The van der Waals surface area contributed by atoms with Crippen LogP contribution in [0.4, 0.5) is 0 Å². The van der Waals surface area contributed by atoms with Gasteiger partial charge in [-0.05, 0) is 48.6 Å². The largest absolute Gasteiger partial charge is 0.481 e. The van der Waals surface area contributed by atoms with E-state index >= 15 is 0 Å². The van der Waals surface area contributed by atoms with Crippen LogP contribution in [0.15, 0.2) is 60.7 Å². The van der Waals surface area contributed by atoms with Crippen LogP contribution in [-0.4, -0.2) is 36.7 Å². The van der Waals surface area contributed by atoms with Gasteiger partial charge in [0.25, 0.3) is 0 Å². The van der Waals surface area contributed by atoms with Gasteiger partial charge in [-0.1, -0.05) is 61.5 Å². The summed E-state index contributed by atoms with van der Waals surface area (Å²) in [6.45, 7) is 6.64. The highest BCUT2D eigenvalue weighted by Crippen LogP contribution is 2.30. The molecule has 2 heterocycles. The number of hydrogen-bond donors (Lipinski definition) is 2. The molecule has 0 aliphatic rings. The highest BCUT2D eigenvalue weighted by atomic mass is 16.4. The third-order valence-electron chi connectivity index (χ3n) is 6.40. The molecule has 1 unspecified atom stereocenters. The van der Waals surface area contributed by atoms with Crippen LogP contribution in [0.1, 0.15) is 46.6 Å². The van der Waals surface area contributed by atoms with Gasteiger partial charge in [-0.2, -0.15) is 0 Å². The topological polar surface area (TPSA) is 105 Å². The molecule has 0 spiro atoms. The Morgan fingerprint density at radius 3 is 2.17 bits per heavy atom. The lowest BCUT2D eigenvalue weighted by atomic mass is 9.81. The normalized spacial score (nSPS) is 12.2. The van der Waals surface area contributed by atoms with Crippen LogP contribution in [0.3, 0.4) is 0 Å². The van der Waals surface area contributed by atoms with Crippen LogP contribution < -0.4 is 0 Å². The zero-order chi connectivity index (χ0) is 25.1. The van der Waals surface area contributed by atoms with Crippen LogP contribution in [-0.2, 0) is 29.0 Å². The number of carboxylic acid groups (broad SMARTS) is 2. The molecular formula is C28H29N3O4. The second kappa shape index (κ2) is 10.1. The molecule has 0 saturated carbocycles. The first-order valence-electron chi connectivity index (χ1n) is 11.7. The van der Waals surface area contributed by atoms with E-state index in [9.17, 15) is 19.8 Å². The van der Waals surface area contributed by atoms with Gasteiger partial charge in [-0.3, -0.25) is 9.59 Å². The fourth-order valence-corrected chi connectivity index (χ4v) is 4.68. The smallest absolute Gasteiger partial charge is 0.318 e. The molecule has 4 aromatic rings. The van der Waals surface area contributed by atoms with Gasteiger partial charge in [0, 0.05) is 18.0 Å². The van der Waals surface area contributed by atoms with E-state index in [1.54, 1.807) is 0 Å². The third-order valence-corrected chi connectivity index (χ3v) is 6.40. The number of fused-ring (bicyclic) bond motifs is 1. The Hall–Kier alpha value is -4.00. The Balaban J connectivity index is 1.68. The maximum absolute atomic E-state index is 11.9. The molecule has 35 heavy (non-hydrogen) atoms. The summed E-state index contributed by atoms with van der Waals surface area (Å²) in [7, 11) is 0. The van der Waals surface area contributed by atoms with Crippen LogP contribution in [0.25, 0.3) is 11.2 Å². The van der Waals surface area contributed by atoms with Crippen molar-refractivity contribution in [1.29, 1.82) is 0 Å². The summed E-state index contributed by atoms with van der Waals surface area (Å²) >= 11 is 0. The SMILES string of the molecule is CCc1nc2c(C)cc(C)nc2n1Cc1ccc(C(Cc2ccccc2)C(C(=O)O)C(=O)O)cc1. The molecule has 2 aromatic heterocycles. The predicted molar refractivity (Wildman–Crippen MR) is 134 cm³/mol. The molecule has 180 valence electrons. The van der Waals surface area contributed by atoms with Gasteiger partial charge in [0.1, 0.15) is 11.3 Å². The quantitative estimate of drug-likeness (QED) is 0.341. The van der Waals surface area contributed by atoms with Crippen molar-refractivity contribution in [1.82, 2.24) is 14.5 Å². The summed E-state index contributed by atoms with van der Waals surface area (Å²) in [5.74, 6) is -3.97. The van der Waals surface area contributed by atoms with Crippen LogP contribution in [0.5, 0.6) is 0 Å². The molecule has 0 bridgehead atoms. The number of aliphatic carboxylic acids is 2. The molecule has 0 radical (unpaired) electrons. The van der Waals surface area contributed by atoms with E-state index in [0.717, 1.165) is 45.8 Å². The fourth-order valence-electron chi connectivity index (χ4n) is 4.68. The summed E-state index contributed by atoms with van der Waals surface area (Å²) < 4.78 is 2.11. The van der Waals surface area contributed by atoms with Gasteiger partial charge in [0.2, 0.25) is 0 Å². The second-order valence-corrected chi connectivity index (χ2v) is 8.91. The Morgan fingerprint density at radius 2 is 1.57 bits per heavy atom. The van der Waals surface area contributed by atoms with Gasteiger partial charge >= 0.3 is 11.9 Å². The average molecular weight is 472 g/mol. The minimum atomic E-state index is -1.54. The molecule has 7 heteroatoms. The lowest BCUT2D eigenvalue weighted by Crippen LogP contribution is -2.31. The molecule has 2 aromatic carbocycles. The molecule has 7 nitrogen and oxygen atoms in total. The first-order chi connectivity index (χ1) is 16.8. The number of aromatic nitrogens is 3. The first kappa shape index (κ1) is 24.1. The van der Waals surface area contributed by atoms with Gasteiger partial charge in [0.05, 0.1) is 6.54 Å². The van der Waals surface area contributed by atoms with E-state index in [2.05, 4.69) is 11.5 Å². The monoisotopic (exact) mass is 471 g/mol. The van der Waals surface area contributed by atoms with Gasteiger partial charge < -0.3 is 14.8 Å². The number of aryl methyl sites for hydroxylation is 3. The first-order valence-corrected chi connectivity index (χ1v) is 11.7. The summed E-state index contributed by atoms with van der Waals surface area (Å²) in [4.78, 5) is 33.3. The summed E-state index contributed by atoms with van der Waals surface area (Å²) in [5, 5.41) is 19.4. The molecule has 0 aliphatic carbocycles. The number of imidazole rings is 1. The fraction of sp³-hybridized carbons (Fsp3) is 0.286. The van der Waals surface area contributed by atoms with E-state index < -0.39 is 23.8 Å². The number of carboxylic acids is 2. The number of carbonyl (C=O) groups is 2. The van der Waals surface area contributed by atoms with Crippen LogP contribution in [0, 0.1) is 19.8 Å². The zero-order valence-corrected chi connectivity index (χ0v) is 20.1. The summed E-state index contributed by atoms with van der Waals surface area (Å²) in [5.41, 5.74) is 6.36. The van der Waals surface area contributed by atoms with Crippen molar-refractivity contribution < 1.29 is 19.8 Å². The molecular weight excluding hydrogens is 442 g/mol. The lowest BCUT2D eigenvalue weighted by molar-refractivity contribution is -0.155. The number of nitrogens with zero attached hydrogens (tertiary/aromatic N) is 3. The Morgan fingerprint density at radius 1 is 0.914 bits per heavy atom. The van der Waals surface area contributed by atoms with E-state index in [1.165, 1.54) is 0 Å². The lowest BCUT2D eigenvalue weighted by Gasteiger charge is -2.22. The molecule has 1 atom stereocenters. The van der Waals surface area contributed by atoms with E-state index in [1.807, 2.05) is 74.5 Å². The number of benzene rings is 2. The molecule has 4 rings (SSSR count). The zero-order valence-electron chi connectivity index (χ0n) is 20.1. The maximum Gasteiger partial charge on any atom is 0.318 e. The van der Waals surface area contributed by atoms with Crippen molar-refractivity contribution in [2.24, 2.45) is 5.92 Å². The highest BCUT2D eigenvalue weighted by molar-refractivity contribution is 5.94. The Bertz CT molecular complexity index is 1350. The maximum atomic E-state index is 11.9. The minimum Gasteiger partial charge on any atom is -0.481 e. The van der Waals surface area contributed by atoms with Crippen molar-refractivity contribution in [2.45, 2.75) is 46.1 Å². The van der Waals surface area contributed by atoms with Crippen LogP contribution >= 0.6 is 0 Å². The number of rotatable bonds is 9. The molecule has 2 N–H and O–H groups in total. The molecule has 0 fully saturated rings. The van der Waals surface area contributed by atoms with Crippen molar-refractivity contribution in [3.05, 3.63) is 94.4 Å². The predicted octanol–water partition coefficient (Wildman–Crippen LogP) is 4.77. The third kappa shape index (κ3) is 5.09. The highest BCUT2D eigenvalue weighted by Gasteiger charge is 2.36. The van der Waals surface area contributed by atoms with Crippen molar-refractivity contribution >= 4 is 23.1 Å². The van der Waals surface area contributed by atoms with Gasteiger partial charge in [-0.25, -0.2) is 9.97 Å². The molecule has 0 saturated heterocycles. The second-order valence-electron chi connectivity index (χ2n) is 8.91. The standard InChI is InChI=1S/C28H29N3O4/c1-4-23-30-25-17(2)14-18(3)29-26(25)31(23)16-20-10-12-21(13-11-20)22(24(27(32)33)28(34)35)15-19-8-6-5-7-9-19/h5-14,22,24H,4,15-16H2,1-3H3,(H,32,33)(H,34,35). The van der Waals surface area contributed by atoms with E-state index in [-0.39, 0.29) is 0 Å². The van der Waals surface area contributed by atoms with Crippen molar-refractivity contribution in [2.75, 3.05) is 0 Å². The van der Waals surface area contributed by atoms with Crippen molar-refractivity contribution in [3.8, 4) is 0 Å². The number of hydrogen-bond acceptors (Lipinski definition) is 4. The van der Waals surface area contributed by atoms with E-state index in [4.69, 9.17) is 9.97 Å². The van der Waals surface area contributed by atoms with Gasteiger partial charge in [-0.15, -0.1) is 0 Å². The van der Waals surface area contributed by atoms with Crippen LogP contribution in [0.2, 0.25) is 0 Å². The van der Waals surface area contributed by atoms with Gasteiger partial charge in [0.15, 0.2) is 11.6 Å². The van der Waals surface area contributed by atoms with E-state index in [0.29, 0.717) is 18.5 Å². The number of pyridine rings is 1.